The number of pyridine rings is 1. The summed E-state index contributed by atoms with van der Waals surface area (Å²) < 4.78 is 39.4. The van der Waals surface area contributed by atoms with E-state index in [1.807, 2.05) is 0 Å². The number of carbonyl (C=O) groups is 3. The first kappa shape index (κ1) is 20.0. The van der Waals surface area contributed by atoms with Crippen LogP contribution >= 0.6 is 0 Å². The smallest absolute Gasteiger partial charge is 0.326 e. The standard InChI is InChI=1S/C19H20F3N3O3/c1-11-4-3-5-14(26)16(11)17(27)12-6-7-15(19(20,21)22)23-13(12)10-25-9-8-24(2)18(25)28/h6-7,16H,1,3-5,8-10H2,2H3. The molecule has 0 radical (unpaired) electrons. The minimum absolute atomic E-state index is 0.0725. The first-order chi connectivity index (χ1) is 13.1. The molecule has 9 heteroatoms. The Morgan fingerprint density at radius 2 is 1.96 bits per heavy atom. The van der Waals surface area contributed by atoms with Crippen LogP contribution in [0, 0.1) is 5.92 Å². The highest BCUT2D eigenvalue weighted by Gasteiger charge is 2.37. The molecule has 1 aromatic heterocycles. The van der Waals surface area contributed by atoms with Gasteiger partial charge in [0.05, 0.1) is 12.2 Å². The maximum atomic E-state index is 13.1. The normalized spacial score (nSPS) is 20.9. The quantitative estimate of drug-likeness (QED) is 0.446. The van der Waals surface area contributed by atoms with Gasteiger partial charge in [-0.2, -0.15) is 13.2 Å². The van der Waals surface area contributed by atoms with Crippen LogP contribution in [0.1, 0.15) is 41.0 Å². The lowest BCUT2D eigenvalue weighted by atomic mass is 9.79. The number of aromatic nitrogens is 1. The van der Waals surface area contributed by atoms with Crippen molar-refractivity contribution in [2.24, 2.45) is 5.92 Å². The summed E-state index contributed by atoms with van der Waals surface area (Å²) in [7, 11) is 1.58. The molecule has 2 aliphatic rings. The number of rotatable bonds is 4. The molecule has 1 aromatic rings. The average Bonchev–Trinajstić information content (AvgIpc) is 2.92. The Morgan fingerprint density at radius 3 is 2.54 bits per heavy atom. The lowest BCUT2D eigenvalue weighted by Crippen LogP contribution is -2.33. The molecule has 1 aliphatic carbocycles. The molecule has 6 nitrogen and oxygen atoms in total. The highest BCUT2D eigenvalue weighted by atomic mass is 19.4. The third-order valence-electron chi connectivity index (χ3n) is 5.09. The summed E-state index contributed by atoms with van der Waals surface area (Å²) in [6, 6.07) is 1.42. The molecule has 2 heterocycles. The highest BCUT2D eigenvalue weighted by Crippen LogP contribution is 2.32. The van der Waals surface area contributed by atoms with Crippen molar-refractivity contribution in [2.45, 2.75) is 32.0 Å². The summed E-state index contributed by atoms with van der Waals surface area (Å²) in [6.07, 6.45) is -3.34. The van der Waals surface area contributed by atoms with E-state index in [4.69, 9.17) is 0 Å². The van der Waals surface area contributed by atoms with Gasteiger partial charge in [0.1, 0.15) is 17.4 Å². The van der Waals surface area contributed by atoms with Crippen molar-refractivity contribution in [1.82, 2.24) is 14.8 Å². The zero-order valence-electron chi connectivity index (χ0n) is 15.4. The van der Waals surface area contributed by atoms with Gasteiger partial charge in [-0.1, -0.05) is 12.2 Å². The van der Waals surface area contributed by atoms with E-state index >= 15 is 0 Å². The van der Waals surface area contributed by atoms with Crippen LogP contribution in [0.2, 0.25) is 0 Å². The number of likely N-dealkylation sites (N-methyl/N-ethyl adjacent to an activating group) is 1. The van der Waals surface area contributed by atoms with Crippen LogP contribution in [0.4, 0.5) is 18.0 Å². The second-order valence-corrected chi connectivity index (χ2v) is 7.09. The fourth-order valence-corrected chi connectivity index (χ4v) is 3.53. The summed E-state index contributed by atoms with van der Waals surface area (Å²) in [5.41, 5.74) is -0.914. The Labute approximate surface area is 160 Å². The van der Waals surface area contributed by atoms with Crippen LogP contribution in [0.5, 0.6) is 0 Å². The second kappa shape index (κ2) is 7.37. The van der Waals surface area contributed by atoms with Crippen LogP contribution in [0.15, 0.2) is 24.3 Å². The van der Waals surface area contributed by atoms with Crippen molar-refractivity contribution in [3.8, 4) is 0 Å². The summed E-state index contributed by atoms with van der Waals surface area (Å²) in [5, 5.41) is 0. The Bertz CT molecular complexity index is 835. The van der Waals surface area contributed by atoms with Crippen molar-refractivity contribution < 1.29 is 27.6 Å². The van der Waals surface area contributed by atoms with Crippen molar-refractivity contribution in [3.05, 3.63) is 41.2 Å². The van der Waals surface area contributed by atoms with E-state index in [0.717, 1.165) is 12.1 Å². The third-order valence-corrected chi connectivity index (χ3v) is 5.09. The van der Waals surface area contributed by atoms with Crippen LogP contribution in [-0.4, -0.2) is 52.5 Å². The number of carbonyl (C=O) groups excluding carboxylic acids is 3. The molecule has 0 aromatic carbocycles. The fourth-order valence-electron chi connectivity index (χ4n) is 3.53. The van der Waals surface area contributed by atoms with E-state index in [2.05, 4.69) is 11.6 Å². The van der Waals surface area contributed by atoms with Gasteiger partial charge in [-0.25, -0.2) is 9.78 Å². The van der Waals surface area contributed by atoms with Gasteiger partial charge in [0.15, 0.2) is 5.78 Å². The van der Waals surface area contributed by atoms with E-state index in [1.54, 1.807) is 7.05 Å². The summed E-state index contributed by atoms with van der Waals surface area (Å²) >= 11 is 0. The number of nitrogens with zero attached hydrogens (tertiary/aromatic N) is 3. The van der Waals surface area contributed by atoms with Crippen LogP contribution in [0.3, 0.4) is 0 Å². The van der Waals surface area contributed by atoms with E-state index < -0.39 is 23.6 Å². The molecule has 1 saturated heterocycles. The summed E-state index contributed by atoms with van der Waals surface area (Å²) in [5.74, 6) is -1.96. The molecule has 0 bridgehead atoms. The largest absolute Gasteiger partial charge is 0.433 e. The number of amides is 2. The molecule has 28 heavy (non-hydrogen) atoms. The van der Waals surface area contributed by atoms with Gasteiger partial charge < -0.3 is 9.80 Å². The second-order valence-electron chi connectivity index (χ2n) is 7.09. The lowest BCUT2D eigenvalue weighted by Gasteiger charge is -2.24. The number of halogens is 3. The monoisotopic (exact) mass is 395 g/mol. The molecule has 1 unspecified atom stereocenters. The molecular formula is C19H20F3N3O3. The van der Waals surface area contributed by atoms with Gasteiger partial charge in [-0.3, -0.25) is 9.59 Å². The van der Waals surface area contributed by atoms with Gasteiger partial charge in [-0.05, 0) is 25.0 Å². The molecule has 1 aliphatic heterocycles. The average molecular weight is 395 g/mol. The van der Waals surface area contributed by atoms with Crippen molar-refractivity contribution in [1.29, 1.82) is 0 Å². The predicted molar refractivity (Wildman–Crippen MR) is 93.5 cm³/mol. The van der Waals surface area contributed by atoms with Crippen LogP contribution in [0.25, 0.3) is 0 Å². The maximum absolute atomic E-state index is 13.1. The highest BCUT2D eigenvalue weighted by molar-refractivity contribution is 6.13. The fraction of sp³-hybridized carbons (Fsp3) is 0.474. The van der Waals surface area contributed by atoms with Gasteiger partial charge >= 0.3 is 12.2 Å². The van der Waals surface area contributed by atoms with Gasteiger partial charge in [0.25, 0.3) is 0 Å². The molecule has 0 spiro atoms. The molecular weight excluding hydrogens is 375 g/mol. The molecule has 2 amide bonds. The number of urea groups is 1. The summed E-state index contributed by atoms with van der Waals surface area (Å²) in [6.45, 7) is 4.30. The summed E-state index contributed by atoms with van der Waals surface area (Å²) in [4.78, 5) is 43.8. The van der Waals surface area contributed by atoms with Gasteiger partial charge in [-0.15, -0.1) is 0 Å². The number of alkyl halides is 3. The van der Waals surface area contributed by atoms with Gasteiger partial charge in [0.2, 0.25) is 0 Å². The number of hydrogen-bond donors (Lipinski definition) is 0. The van der Waals surface area contributed by atoms with E-state index in [-0.39, 0.29) is 36.0 Å². The first-order valence-corrected chi connectivity index (χ1v) is 8.91. The molecule has 1 atom stereocenters. The molecule has 1 saturated carbocycles. The van der Waals surface area contributed by atoms with E-state index in [0.29, 0.717) is 31.5 Å². The Balaban J connectivity index is 1.99. The number of hydrogen-bond acceptors (Lipinski definition) is 4. The van der Waals surface area contributed by atoms with Crippen LogP contribution < -0.4 is 0 Å². The van der Waals surface area contributed by atoms with E-state index in [9.17, 15) is 27.6 Å². The van der Waals surface area contributed by atoms with Gasteiger partial charge in [0, 0.05) is 32.1 Å². The topological polar surface area (TPSA) is 70.6 Å². The zero-order chi connectivity index (χ0) is 20.6. The first-order valence-electron chi connectivity index (χ1n) is 8.91. The minimum Gasteiger partial charge on any atom is -0.326 e. The Hall–Kier alpha value is -2.71. The zero-order valence-corrected chi connectivity index (χ0v) is 15.4. The number of ketones is 2. The molecule has 3 rings (SSSR count). The maximum Gasteiger partial charge on any atom is 0.433 e. The predicted octanol–water partition coefficient (Wildman–Crippen LogP) is 3.08. The number of allylic oxidation sites excluding steroid dienone is 1. The van der Waals surface area contributed by atoms with Crippen molar-refractivity contribution in [2.75, 3.05) is 20.1 Å². The molecule has 0 N–H and O–H groups in total. The van der Waals surface area contributed by atoms with Crippen molar-refractivity contribution >= 4 is 17.6 Å². The van der Waals surface area contributed by atoms with E-state index in [1.165, 1.54) is 9.80 Å². The molecule has 2 fully saturated rings. The lowest BCUT2D eigenvalue weighted by molar-refractivity contribution is -0.141. The third kappa shape index (κ3) is 3.79. The SMILES string of the molecule is C=C1CCCC(=O)C1C(=O)c1ccc(C(F)(F)F)nc1CN1CCN(C)C1=O. The van der Waals surface area contributed by atoms with Crippen LogP contribution in [-0.2, 0) is 17.5 Å². The number of Topliss-reactive ketones (excluding diaryl/α,β-unsaturated/α-hetero) is 2. The Morgan fingerprint density at radius 1 is 1.25 bits per heavy atom. The molecule has 150 valence electrons. The Kier molecular flexibility index (Phi) is 5.27. The minimum atomic E-state index is -4.69. The van der Waals surface area contributed by atoms with Crippen molar-refractivity contribution in [3.63, 3.8) is 0 Å².